The summed E-state index contributed by atoms with van der Waals surface area (Å²) in [6.07, 6.45) is 5.55. The third-order valence-electron chi connectivity index (χ3n) is 6.75. The average Bonchev–Trinajstić information content (AvgIpc) is 2.73. The average molecular weight is 392 g/mol. The largest absolute Gasteiger partial charge is 0.449 e. The normalized spacial score (nSPS) is 30.9. The molecule has 1 N–H and O–H groups in total. The van der Waals surface area contributed by atoms with Crippen LogP contribution in [0.1, 0.15) is 32.4 Å². The zero-order valence-corrected chi connectivity index (χ0v) is 17.2. The second-order valence-electron chi connectivity index (χ2n) is 8.33. The summed E-state index contributed by atoms with van der Waals surface area (Å²) in [7, 11) is 0. The van der Waals surface area contributed by atoms with Gasteiger partial charge in [0.1, 0.15) is 6.61 Å². The van der Waals surface area contributed by atoms with Crippen LogP contribution < -0.4 is 5.32 Å². The van der Waals surface area contributed by atoms with E-state index in [1.807, 2.05) is 42.6 Å². The van der Waals surface area contributed by atoms with Crippen molar-refractivity contribution in [1.82, 2.24) is 4.98 Å². The number of benzene rings is 1. The predicted octanol–water partition coefficient (Wildman–Crippen LogP) is 5.24. The molecule has 1 amide bonds. The zero-order valence-electron chi connectivity index (χ0n) is 17.2. The van der Waals surface area contributed by atoms with Gasteiger partial charge in [-0.05, 0) is 42.5 Å². The molecule has 2 aliphatic rings. The number of nitrogens with zero attached hydrogens (tertiary/aromatic N) is 1. The van der Waals surface area contributed by atoms with Gasteiger partial charge in [0, 0.05) is 29.4 Å². The second-order valence-corrected chi connectivity index (χ2v) is 8.33. The lowest BCUT2D eigenvalue weighted by Gasteiger charge is -2.55. The van der Waals surface area contributed by atoms with Crippen molar-refractivity contribution in [3.05, 3.63) is 72.1 Å². The molecule has 1 saturated heterocycles. The van der Waals surface area contributed by atoms with Gasteiger partial charge in [-0.1, -0.05) is 49.8 Å². The molecule has 152 valence electrons. The number of aromatic nitrogens is 1. The van der Waals surface area contributed by atoms with Gasteiger partial charge < -0.3 is 9.47 Å². The smallest absolute Gasteiger partial charge is 0.411 e. The van der Waals surface area contributed by atoms with Crippen LogP contribution in [0.5, 0.6) is 0 Å². The standard InChI is InChI=1S/C24H28N2O3/c1-16-12-17(2)24(15-29-23(27)26-20-9-5-4-6-10-20)14-28-22(21(16)18(24)3)19-8-7-11-25-13-19/h4-13,17-18,21-22H,14-15H2,1-3H3,(H,26,27)/t17-,18-,21-,22+,24-/m1/s1. The third-order valence-corrected chi connectivity index (χ3v) is 6.75. The van der Waals surface area contributed by atoms with Crippen molar-refractivity contribution in [2.75, 3.05) is 18.5 Å². The van der Waals surface area contributed by atoms with E-state index in [-0.39, 0.29) is 23.4 Å². The number of carbonyl (C=O) groups is 1. The second kappa shape index (κ2) is 7.99. The summed E-state index contributed by atoms with van der Waals surface area (Å²) in [4.78, 5) is 16.6. The quantitative estimate of drug-likeness (QED) is 0.723. The first kappa shape index (κ1) is 19.6. The molecule has 2 aromatic rings. The van der Waals surface area contributed by atoms with E-state index in [0.29, 0.717) is 19.1 Å². The van der Waals surface area contributed by atoms with Crippen LogP contribution in [-0.2, 0) is 9.47 Å². The summed E-state index contributed by atoms with van der Waals surface area (Å²) in [5, 5.41) is 2.80. The molecule has 4 rings (SSSR count). The van der Waals surface area contributed by atoms with Gasteiger partial charge in [-0.2, -0.15) is 0 Å². The van der Waals surface area contributed by atoms with Crippen molar-refractivity contribution in [2.24, 2.45) is 23.2 Å². The molecule has 29 heavy (non-hydrogen) atoms. The van der Waals surface area contributed by atoms with E-state index in [9.17, 15) is 4.79 Å². The fraction of sp³-hybridized carbons (Fsp3) is 0.417. The minimum absolute atomic E-state index is 0.0197. The molecule has 2 bridgehead atoms. The van der Waals surface area contributed by atoms with Crippen LogP contribution in [0.3, 0.4) is 0 Å². The first-order valence-electron chi connectivity index (χ1n) is 10.2. The van der Waals surface area contributed by atoms with Crippen LogP contribution in [0.15, 0.2) is 66.5 Å². The van der Waals surface area contributed by atoms with Crippen LogP contribution in [0.2, 0.25) is 0 Å². The Kier molecular flexibility index (Phi) is 5.41. The Morgan fingerprint density at radius 2 is 2.03 bits per heavy atom. The summed E-state index contributed by atoms with van der Waals surface area (Å²) in [6.45, 7) is 7.52. The minimum Gasteiger partial charge on any atom is -0.449 e. The molecule has 1 aliphatic heterocycles. The first-order chi connectivity index (χ1) is 14.0. The molecule has 0 saturated carbocycles. The fourth-order valence-electron chi connectivity index (χ4n) is 4.98. The van der Waals surface area contributed by atoms with E-state index >= 15 is 0 Å². The van der Waals surface area contributed by atoms with Gasteiger partial charge in [0.25, 0.3) is 0 Å². The van der Waals surface area contributed by atoms with Crippen molar-refractivity contribution in [3.8, 4) is 0 Å². The molecular weight excluding hydrogens is 364 g/mol. The molecule has 5 heteroatoms. The van der Waals surface area contributed by atoms with Gasteiger partial charge in [-0.25, -0.2) is 4.79 Å². The maximum atomic E-state index is 12.4. The molecule has 2 heterocycles. The van der Waals surface area contributed by atoms with Gasteiger partial charge in [-0.3, -0.25) is 10.3 Å². The zero-order chi connectivity index (χ0) is 20.4. The monoisotopic (exact) mass is 392 g/mol. The molecule has 1 aromatic heterocycles. The number of hydrogen-bond donors (Lipinski definition) is 1. The van der Waals surface area contributed by atoms with E-state index in [0.717, 1.165) is 11.3 Å². The van der Waals surface area contributed by atoms with Crippen LogP contribution in [-0.4, -0.2) is 24.3 Å². The highest BCUT2D eigenvalue weighted by atomic mass is 16.6. The number of rotatable bonds is 4. The van der Waals surface area contributed by atoms with Crippen LogP contribution in [0.25, 0.3) is 0 Å². The SMILES string of the molecule is CC1=C[C@@H](C)[C@]2(COC(=O)Nc3ccccc3)CO[C@@H](c3cccnc3)[C@H]1[C@H]2C. The predicted molar refractivity (Wildman–Crippen MR) is 112 cm³/mol. The number of nitrogens with one attached hydrogen (secondary N) is 1. The number of pyridine rings is 1. The van der Waals surface area contributed by atoms with Gasteiger partial charge in [0.2, 0.25) is 0 Å². The van der Waals surface area contributed by atoms with Crippen molar-refractivity contribution < 1.29 is 14.3 Å². The van der Waals surface area contributed by atoms with E-state index < -0.39 is 6.09 Å². The summed E-state index contributed by atoms with van der Waals surface area (Å²) >= 11 is 0. The number of fused-ring (bicyclic) bond motifs is 2. The van der Waals surface area contributed by atoms with E-state index in [1.54, 1.807) is 6.20 Å². The van der Waals surface area contributed by atoms with E-state index in [2.05, 4.69) is 43.2 Å². The number of para-hydroxylation sites is 1. The number of carbonyl (C=O) groups excluding carboxylic acids is 1. The van der Waals surface area contributed by atoms with Gasteiger partial charge in [-0.15, -0.1) is 0 Å². The highest BCUT2D eigenvalue weighted by Gasteiger charge is 2.54. The fourth-order valence-corrected chi connectivity index (χ4v) is 4.98. The topological polar surface area (TPSA) is 60.5 Å². The highest BCUT2D eigenvalue weighted by Crippen LogP contribution is 2.56. The summed E-state index contributed by atoms with van der Waals surface area (Å²) in [5.41, 5.74) is 2.92. The van der Waals surface area contributed by atoms with E-state index in [1.165, 1.54) is 5.57 Å². The Morgan fingerprint density at radius 1 is 1.24 bits per heavy atom. The molecule has 5 nitrogen and oxygen atoms in total. The molecular formula is C24H28N2O3. The van der Waals surface area contributed by atoms with Crippen LogP contribution >= 0.6 is 0 Å². The number of amides is 1. The minimum atomic E-state index is -0.429. The van der Waals surface area contributed by atoms with Gasteiger partial charge in [0.05, 0.1) is 12.7 Å². The molecule has 0 spiro atoms. The third kappa shape index (κ3) is 3.67. The van der Waals surface area contributed by atoms with Crippen LogP contribution in [0, 0.1) is 23.2 Å². The lowest BCUT2D eigenvalue weighted by molar-refractivity contribution is -0.165. The molecule has 0 radical (unpaired) electrons. The molecule has 1 aliphatic carbocycles. The lowest BCUT2D eigenvalue weighted by atomic mass is 9.56. The van der Waals surface area contributed by atoms with Crippen LogP contribution in [0.4, 0.5) is 10.5 Å². The summed E-state index contributed by atoms with van der Waals surface area (Å²) < 4.78 is 12.1. The van der Waals surface area contributed by atoms with Crippen molar-refractivity contribution in [1.29, 1.82) is 0 Å². The maximum absolute atomic E-state index is 12.4. The Morgan fingerprint density at radius 3 is 2.76 bits per heavy atom. The summed E-state index contributed by atoms with van der Waals surface area (Å²) in [5.74, 6) is 0.809. The number of hydrogen-bond acceptors (Lipinski definition) is 4. The molecule has 1 aromatic carbocycles. The number of allylic oxidation sites excluding steroid dienone is 1. The van der Waals surface area contributed by atoms with Crippen molar-refractivity contribution in [3.63, 3.8) is 0 Å². The maximum Gasteiger partial charge on any atom is 0.411 e. The molecule has 0 unspecified atom stereocenters. The van der Waals surface area contributed by atoms with Crippen molar-refractivity contribution in [2.45, 2.75) is 26.9 Å². The number of anilines is 1. The van der Waals surface area contributed by atoms with Gasteiger partial charge >= 0.3 is 6.09 Å². The van der Waals surface area contributed by atoms with Crippen molar-refractivity contribution >= 4 is 11.8 Å². The first-order valence-corrected chi connectivity index (χ1v) is 10.2. The van der Waals surface area contributed by atoms with E-state index in [4.69, 9.17) is 9.47 Å². The lowest BCUT2D eigenvalue weighted by Crippen LogP contribution is -2.54. The Bertz CT molecular complexity index is 884. The Hall–Kier alpha value is -2.66. The Balaban J connectivity index is 1.52. The molecule has 5 atom stereocenters. The molecule has 1 fully saturated rings. The highest BCUT2D eigenvalue weighted by molar-refractivity contribution is 5.84. The summed E-state index contributed by atoms with van der Waals surface area (Å²) in [6, 6.07) is 13.4. The van der Waals surface area contributed by atoms with Gasteiger partial charge in [0.15, 0.2) is 0 Å². The Labute approximate surface area is 172 Å². The number of ether oxygens (including phenoxy) is 2.